The molecule has 3 nitrogen and oxygen atoms in total. The Bertz CT molecular complexity index is 846. The predicted octanol–water partition coefficient (Wildman–Crippen LogP) is 6.01. The van der Waals surface area contributed by atoms with Gasteiger partial charge in [0.1, 0.15) is 10.6 Å². The number of hydrogen-bond donors (Lipinski definition) is 2. The van der Waals surface area contributed by atoms with Crippen LogP contribution in [0.2, 0.25) is 0 Å². The summed E-state index contributed by atoms with van der Waals surface area (Å²) in [5.74, 6) is -0.545. The molecular formula is C16H14F5NO2S. The van der Waals surface area contributed by atoms with Crippen LogP contribution in [-0.2, 0) is 4.79 Å². The van der Waals surface area contributed by atoms with Crippen molar-refractivity contribution >= 4 is 27.9 Å². The third-order valence-electron chi connectivity index (χ3n) is 3.22. The molecule has 2 rings (SSSR count). The van der Waals surface area contributed by atoms with Gasteiger partial charge in [-0.2, -0.15) is 0 Å². The Kier molecular flexibility index (Phi) is 4.12. The number of aryl methyl sites for hydroxylation is 1. The first-order valence-corrected chi connectivity index (χ1v) is 8.82. The highest BCUT2D eigenvalue weighted by Crippen LogP contribution is 3.02. The van der Waals surface area contributed by atoms with Crippen LogP contribution in [0.25, 0.3) is 6.08 Å². The first-order valence-electron chi connectivity index (χ1n) is 6.87. The van der Waals surface area contributed by atoms with Gasteiger partial charge < -0.3 is 10.4 Å². The van der Waals surface area contributed by atoms with Crippen molar-refractivity contribution < 1.29 is 29.3 Å². The Balaban J connectivity index is 2.08. The van der Waals surface area contributed by atoms with Gasteiger partial charge in [-0.1, -0.05) is 25.5 Å². The molecule has 0 fully saturated rings. The van der Waals surface area contributed by atoms with Crippen LogP contribution >= 0.6 is 10.2 Å². The molecule has 25 heavy (non-hydrogen) atoms. The minimum absolute atomic E-state index is 0.0536. The number of amides is 1. The fourth-order valence-electron chi connectivity index (χ4n) is 1.93. The zero-order valence-corrected chi connectivity index (χ0v) is 13.7. The van der Waals surface area contributed by atoms with Crippen LogP contribution in [0.15, 0.2) is 53.4 Å². The van der Waals surface area contributed by atoms with E-state index in [-0.39, 0.29) is 23.6 Å². The molecule has 0 atom stereocenters. The minimum Gasteiger partial charge on any atom is -0.508 e. The van der Waals surface area contributed by atoms with Gasteiger partial charge in [-0.25, -0.2) is 0 Å². The summed E-state index contributed by atoms with van der Waals surface area (Å²) in [6.07, 6.45) is 2.56. The van der Waals surface area contributed by atoms with E-state index in [1.165, 1.54) is 12.1 Å². The zero-order chi connectivity index (χ0) is 18.9. The number of halogens is 5. The second kappa shape index (κ2) is 5.48. The maximum absolute atomic E-state index is 12.6. The Morgan fingerprint density at radius 2 is 1.64 bits per heavy atom. The highest BCUT2D eigenvalue weighted by atomic mass is 32.5. The van der Waals surface area contributed by atoms with E-state index in [1.54, 1.807) is 19.1 Å². The van der Waals surface area contributed by atoms with Crippen molar-refractivity contribution in [3.8, 4) is 5.75 Å². The van der Waals surface area contributed by atoms with E-state index >= 15 is 0 Å². The second-order valence-electron chi connectivity index (χ2n) is 5.36. The molecule has 0 radical (unpaired) electrons. The van der Waals surface area contributed by atoms with Crippen molar-refractivity contribution in [1.29, 1.82) is 0 Å². The highest BCUT2D eigenvalue weighted by molar-refractivity contribution is 8.45. The monoisotopic (exact) mass is 379 g/mol. The van der Waals surface area contributed by atoms with Crippen molar-refractivity contribution in [1.82, 2.24) is 0 Å². The third kappa shape index (κ3) is 5.21. The molecule has 1 amide bonds. The lowest BCUT2D eigenvalue weighted by Gasteiger charge is -2.40. The molecule has 2 aromatic carbocycles. The van der Waals surface area contributed by atoms with Gasteiger partial charge in [0.05, 0.1) is 0 Å². The van der Waals surface area contributed by atoms with E-state index < -0.39 is 21.0 Å². The molecule has 0 aliphatic rings. The van der Waals surface area contributed by atoms with E-state index in [2.05, 4.69) is 5.32 Å². The molecule has 9 heteroatoms. The standard InChI is InChI=1S/C16H14F5NO2S/c1-11-10-12(2-8-15(11)23)3-9-16(24)22-13-4-6-14(7-5-13)25(17,18,19,20)21/h2-10,23H,1H3,(H,22,24)/b9-3+. The van der Waals surface area contributed by atoms with Crippen molar-refractivity contribution in [3.63, 3.8) is 0 Å². The topological polar surface area (TPSA) is 49.3 Å². The number of phenolic OH excluding ortho intramolecular Hbond substituents is 1. The fourth-order valence-corrected chi connectivity index (χ4v) is 2.58. The average molecular weight is 379 g/mol. The summed E-state index contributed by atoms with van der Waals surface area (Å²) in [6.45, 7) is 1.67. The molecule has 136 valence electrons. The number of aromatic hydroxyl groups is 1. The Hall–Kier alpha value is -2.55. The number of carbonyl (C=O) groups is 1. The molecule has 2 aromatic rings. The lowest BCUT2D eigenvalue weighted by atomic mass is 10.1. The Labute approximate surface area is 140 Å². The summed E-state index contributed by atoms with van der Waals surface area (Å²) in [5, 5.41) is 11.7. The van der Waals surface area contributed by atoms with E-state index in [0.717, 1.165) is 18.2 Å². The summed E-state index contributed by atoms with van der Waals surface area (Å²) < 4.78 is 63.0. The van der Waals surface area contributed by atoms with E-state index in [9.17, 15) is 29.3 Å². The SMILES string of the molecule is Cc1cc(/C=C/C(=O)Nc2ccc(S(F)(F)(F)(F)F)cc2)ccc1O. The summed E-state index contributed by atoms with van der Waals surface area (Å²) in [6, 6.07) is 6.60. The molecule has 0 saturated heterocycles. The van der Waals surface area contributed by atoms with Gasteiger partial charge in [0.2, 0.25) is 5.91 Å². The summed E-state index contributed by atoms with van der Waals surface area (Å²) >= 11 is 0. The van der Waals surface area contributed by atoms with Gasteiger partial charge in [-0.05, 0) is 60.5 Å². The smallest absolute Gasteiger partial charge is 0.310 e. The molecular weight excluding hydrogens is 365 g/mol. The molecule has 0 unspecified atom stereocenters. The normalized spacial score (nSPS) is 14.8. The maximum atomic E-state index is 12.6. The largest absolute Gasteiger partial charge is 0.508 e. The van der Waals surface area contributed by atoms with Gasteiger partial charge in [0.15, 0.2) is 0 Å². The highest BCUT2D eigenvalue weighted by Gasteiger charge is 2.65. The average Bonchev–Trinajstić information content (AvgIpc) is 2.47. The van der Waals surface area contributed by atoms with Crippen molar-refractivity contribution in [2.45, 2.75) is 11.8 Å². The summed E-state index contributed by atoms with van der Waals surface area (Å²) in [5.41, 5.74) is 1.18. The number of carbonyl (C=O) groups excluding carboxylic acids is 1. The maximum Gasteiger partial charge on any atom is 0.310 e. The number of hydrogen-bond acceptors (Lipinski definition) is 2. The first-order chi connectivity index (χ1) is 11.2. The minimum atomic E-state index is -9.72. The van der Waals surface area contributed by atoms with Crippen LogP contribution < -0.4 is 5.32 Å². The van der Waals surface area contributed by atoms with Crippen LogP contribution in [0.1, 0.15) is 11.1 Å². The van der Waals surface area contributed by atoms with E-state index in [4.69, 9.17) is 0 Å². The molecule has 0 spiro atoms. The van der Waals surface area contributed by atoms with Gasteiger partial charge in [-0.3, -0.25) is 4.79 Å². The molecule has 2 N–H and O–H groups in total. The molecule has 0 aliphatic heterocycles. The van der Waals surface area contributed by atoms with Crippen LogP contribution in [0.5, 0.6) is 5.75 Å². The number of phenols is 1. The lowest BCUT2D eigenvalue weighted by molar-refractivity contribution is -0.111. The van der Waals surface area contributed by atoms with Gasteiger partial charge in [-0.15, -0.1) is 0 Å². The van der Waals surface area contributed by atoms with Crippen molar-refractivity contribution in [3.05, 3.63) is 59.7 Å². The van der Waals surface area contributed by atoms with Crippen LogP contribution in [0.4, 0.5) is 25.1 Å². The molecule has 0 bridgehead atoms. The summed E-state index contributed by atoms with van der Waals surface area (Å²) in [4.78, 5) is 9.71. The lowest BCUT2D eigenvalue weighted by Crippen LogP contribution is -2.09. The first kappa shape index (κ1) is 18.8. The fraction of sp³-hybridized carbons (Fsp3) is 0.0625. The molecule has 0 heterocycles. The summed E-state index contributed by atoms with van der Waals surface area (Å²) in [7, 11) is -9.72. The van der Waals surface area contributed by atoms with Gasteiger partial charge >= 0.3 is 10.2 Å². The Morgan fingerprint density at radius 1 is 1.04 bits per heavy atom. The van der Waals surface area contributed by atoms with Gasteiger partial charge in [0, 0.05) is 11.8 Å². The second-order valence-corrected chi connectivity index (χ2v) is 7.77. The quantitative estimate of drug-likeness (QED) is 0.505. The number of anilines is 1. The molecule has 0 saturated carbocycles. The molecule has 0 aromatic heterocycles. The number of benzene rings is 2. The number of nitrogens with one attached hydrogen (secondary N) is 1. The van der Waals surface area contributed by atoms with Crippen LogP contribution in [0.3, 0.4) is 0 Å². The predicted molar refractivity (Wildman–Crippen MR) is 88.3 cm³/mol. The van der Waals surface area contributed by atoms with Crippen LogP contribution in [-0.4, -0.2) is 11.0 Å². The number of rotatable bonds is 4. The Morgan fingerprint density at radius 3 is 2.16 bits per heavy atom. The van der Waals surface area contributed by atoms with Crippen molar-refractivity contribution in [2.24, 2.45) is 0 Å². The zero-order valence-electron chi connectivity index (χ0n) is 12.8. The third-order valence-corrected chi connectivity index (χ3v) is 4.38. The van der Waals surface area contributed by atoms with E-state index in [1.807, 2.05) is 0 Å². The molecule has 0 aliphatic carbocycles. The van der Waals surface area contributed by atoms with Gasteiger partial charge in [0.25, 0.3) is 0 Å². The van der Waals surface area contributed by atoms with Crippen molar-refractivity contribution in [2.75, 3.05) is 5.32 Å². The van der Waals surface area contributed by atoms with Crippen LogP contribution in [0, 0.1) is 6.92 Å². The van der Waals surface area contributed by atoms with E-state index in [0.29, 0.717) is 11.1 Å².